The number of nitrogen functional groups attached to an aromatic ring is 1. The van der Waals surface area contributed by atoms with E-state index in [0.717, 1.165) is 4.52 Å². The van der Waals surface area contributed by atoms with E-state index in [2.05, 4.69) is 20.6 Å². The lowest BCUT2D eigenvalue weighted by molar-refractivity contribution is 0.0519. The van der Waals surface area contributed by atoms with Crippen LogP contribution in [0.4, 0.5) is 17.3 Å². The Morgan fingerprint density at radius 2 is 2.00 bits per heavy atom. The minimum Gasteiger partial charge on any atom is -0.461 e. The molecule has 0 saturated heterocycles. The van der Waals surface area contributed by atoms with Crippen LogP contribution in [0, 0.1) is 18.3 Å². The van der Waals surface area contributed by atoms with Gasteiger partial charge in [0.25, 0.3) is 5.56 Å². The molecule has 0 aliphatic heterocycles. The summed E-state index contributed by atoms with van der Waals surface area (Å²) in [5.74, 6) is -0.836. The Kier molecular flexibility index (Phi) is 5.07. The molecule has 0 spiro atoms. The summed E-state index contributed by atoms with van der Waals surface area (Å²) in [7, 11) is 1.75. The van der Waals surface area contributed by atoms with Gasteiger partial charge in [0.15, 0.2) is 17.3 Å². The van der Waals surface area contributed by atoms with Crippen molar-refractivity contribution in [3.8, 4) is 11.8 Å². The SMILES string of the molecule is CCOC(=O)c1nnc2c(C#N)c(Nc3c(C)n(C)n(-c4ccccc4)c3=O)nn2c1N. The first kappa shape index (κ1) is 20.6. The van der Waals surface area contributed by atoms with Crippen LogP contribution >= 0.6 is 0 Å². The van der Waals surface area contributed by atoms with Crippen molar-refractivity contribution < 1.29 is 9.53 Å². The zero-order chi connectivity index (χ0) is 23.0. The molecule has 0 amide bonds. The van der Waals surface area contributed by atoms with E-state index in [0.29, 0.717) is 11.4 Å². The lowest BCUT2D eigenvalue weighted by Gasteiger charge is -2.07. The monoisotopic (exact) mass is 433 g/mol. The predicted molar refractivity (Wildman–Crippen MR) is 115 cm³/mol. The Labute approximate surface area is 181 Å². The van der Waals surface area contributed by atoms with Crippen LogP contribution in [-0.2, 0) is 11.8 Å². The summed E-state index contributed by atoms with van der Waals surface area (Å²) in [6, 6.07) is 11.1. The molecule has 3 heterocycles. The summed E-state index contributed by atoms with van der Waals surface area (Å²) in [5.41, 5.74) is 7.07. The minimum atomic E-state index is -0.757. The Balaban J connectivity index is 1.84. The largest absolute Gasteiger partial charge is 0.461 e. The molecule has 0 saturated carbocycles. The number of hydrogen-bond acceptors (Lipinski definition) is 9. The van der Waals surface area contributed by atoms with Crippen molar-refractivity contribution >= 4 is 28.9 Å². The first-order valence-corrected chi connectivity index (χ1v) is 9.62. The van der Waals surface area contributed by atoms with E-state index in [1.165, 1.54) is 4.68 Å². The molecular formula is C20H19N9O3. The van der Waals surface area contributed by atoms with Crippen molar-refractivity contribution in [3.05, 3.63) is 57.6 Å². The van der Waals surface area contributed by atoms with Gasteiger partial charge < -0.3 is 15.8 Å². The number of para-hydroxylation sites is 1. The van der Waals surface area contributed by atoms with Gasteiger partial charge in [-0.2, -0.15) is 9.78 Å². The van der Waals surface area contributed by atoms with Crippen LogP contribution in [0.1, 0.15) is 28.7 Å². The van der Waals surface area contributed by atoms with E-state index in [4.69, 9.17) is 10.5 Å². The van der Waals surface area contributed by atoms with Gasteiger partial charge in [0, 0.05) is 7.05 Å². The van der Waals surface area contributed by atoms with Crippen LogP contribution in [0.15, 0.2) is 35.1 Å². The average molecular weight is 433 g/mol. The van der Waals surface area contributed by atoms with Crippen molar-refractivity contribution in [2.24, 2.45) is 7.05 Å². The number of benzene rings is 1. The van der Waals surface area contributed by atoms with Crippen LogP contribution in [0.25, 0.3) is 11.3 Å². The Morgan fingerprint density at radius 1 is 1.28 bits per heavy atom. The molecule has 162 valence electrons. The molecule has 0 fully saturated rings. The first-order chi connectivity index (χ1) is 15.4. The number of carbonyl (C=O) groups excluding carboxylic acids is 1. The third kappa shape index (κ3) is 3.12. The maximum absolute atomic E-state index is 13.2. The topological polar surface area (TPSA) is 158 Å². The molecule has 12 nitrogen and oxygen atoms in total. The molecule has 3 aromatic heterocycles. The average Bonchev–Trinajstić information content (AvgIpc) is 3.25. The quantitative estimate of drug-likeness (QED) is 0.442. The van der Waals surface area contributed by atoms with Gasteiger partial charge in [0.2, 0.25) is 5.69 Å². The molecule has 0 aliphatic rings. The molecule has 0 unspecified atom stereocenters. The van der Waals surface area contributed by atoms with Crippen LogP contribution < -0.4 is 16.6 Å². The predicted octanol–water partition coefficient (Wildman–Crippen LogP) is 1.30. The number of anilines is 3. The van der Waals surface area contributed by atoms with E-state index < -0.39 is 5.97 Å². The smallest absolute Gasteiger partial charge is 0.362 e. The molecular weight excluding hydrogens is 414 g/mol. The van der Waals surface area contributed by atoms with Crippen LogP contribution in [0.2, 0.25) is 0 Å². The highest BCUT2D eigenvalue weighted by atomic mass is 16.5. The van der Waals surface area contributed by atoms with Gasteiger partial charge in [-0.15, -0.1) is 15.3 Å². The van der Waals surface area contributed by atoms with Crippen molar-refractivity contribution in [2.45, 2.75) is 13.8 Å². The number of nitriles is 1. The standard InChI is InChI=1S/C20H19N9O3/c1-4-32-20(31)15-16(22)28-18(25-24-15)13(10-21)17(26-28)23-14-11(2)27(3)29(19(14)30)12-8-6-5-7-9-12/h5-9H,4,22H2,1-3H3,(H,23,26). The highest BCUT2D eigenvalue weighted by molar-refractivity contribution is 5.92. The maximum Gasteiger partial charge on any atom is 0.362 e. The van der Waals surface area contributed by atoms with Gasteiger partial charge in [-0.25, -0.2) is 9.48 Å². The highest BCUT2D eigenvalue weighted by Gasteiger charge is 2.24. The molecule has 12 heteroatoms. The van der Waals surface area contributed by atoms with Crippen LogP contribution in [0.5, 0.6) is 0 Å². The fourth-order valence-corrected chi connectivity index (χ4v) is 3.28. The fraction of sp³-hybridized carbons (Fsp3) is 0.200. The second kappa shape index (κ2) is 7.88. The van der Waals surface area contributed by atoms with Gasteiger partial charge in [0.1, 0.15) is 17.3 Å². The molecule has 4 aromatic rings. The van der Waals surface area contributed by atoms with Crippen molar-refractivity contribution in [1.82, 2.24) is 29.2 Å². The van der Waals surface area contributed by atoms with Gasteiger partial charge >= 0.3 is 5.97 Å². The van der Waals surface area contributed by atoms with Crippen molar-refractivity contribution in [2.75, 3.05) is 17.7 Å². The number of hydrogen-bond donors (Lipinski definition) is 2. The summed E-state index contributed by atoms with van der Waals surface area (Å²) in [5, 5.41) is 24.6. The van der Waals surface area contributed by atoms with Crippen LogP contribution in [0.3, 0.4) is 0 Å². The lowest BCUT2D eigenvalue weighted by Crippen LogP contribution is -2.20. The van der Waals surface area contributed by atoms with Gasteiger partial charge in [-0.3, -0.25) is 9.48 Å². The van der Waals surface area contributed by atoms with Crippen LogP contribution in [-0.4, -0.2) is 41.8 Å². The van der Waals surface area contributed by atoms with Crippen molar-refractivity contribution in [3.63, 3.8) is 0 Å². The van der Waals surface area contributed by atoms with E-state index in [1.54, 1.807) is 25.6 Å². The number of ether oxygens (including phenoxy) is 1. The molecule has 0 bridgehead atoms. The Hall–Kier alpha value is -4.66. The third-order valence-electron chi connectivity index (χ3n) is 4.95. The summed E-state index contributed by atoms with van der Waals surface area (Å²) >= 11 is 0. The minimum absolute atomic E-state index is 0.0218. The van der Waals surface area contributed by atoms with Gasteiger partial charge in [-0.1, -0.05) is 18.2 Å². The van der Waals surface area contributed by atoms with E-state index in [-0.39, 0.29) is 46.4 Å². The number of esters is 1. The van der Waals surface area contributed by atoms with E-state index in [9.17, 15) is 14.9 Å². The zero-order valence-electron chi connectivity index (χ0n) is 17.5. The van der Waals surface area contributed by atoms with E-state index >= 15 is 0 Å². The number of rotatable bonds is 5. The fourth-order valence-electron chi connectivity index (χ4n) is 3.28. The lowest BCUT2D eigenvalue weighted by atomic mass is 10.3. The second-order valence-electron chi connectivity index (χ2n) is 6.79. The molecule has 0 atom stereocenters. The first-order valence-electron chi connectivity index (χ1n) is 9.62. The Bertz CT molecular complexity index is 1440. The molecule has 0 radical (unpaired) electrons. The number of nitrogens with zero attached hydrogens (tertiary/aromatic N) is 7. The molecule has 1 aromatic carbocycles. The van der Waals surface area contributed by atoms with Crippen molar-refractivity contribution in [1.29, 1.82) is 5.26 Å². The summed E-state index contributed by atoms with van der Waals surface area (Å²) in [6.45, 7) is 3.54. The number of carbonyl (C=O) groups is 1. The number of fused-ring (bicyclic) bond motifs is 1. The summed E-state index contributed by atoms with van der Waals surface area (Å²) < 4.78 is 9.22. The Morgan fingerprint density at radius 3 is 2.66 bits per heavy atom. The molecule has 32 heavy (non-hydrogen) atoms. The normalized spacial score (nSPS) is 10.8. The number of nitrogens with one attached hydrogen (secondary N) is 1. The number of aromatic nitrogens is 6. The highest BCUT2D eigenvalue weighted by Crippen LogP contribution is 2.25. The zero-order valence-corrected chi connectivity index (χ0v) is 17.5. The molecule has 4 rings (SSSR count). The van der Waals surface area contributed by atoms with Gasteiger partial charge in [0.05, 0.1) is 18.0 Å². The number of nitrogens with two attached hydrogens (primary N) is 1. The van der Waals surface area contributed by atoms with E-state index in [1.807, 2.05) is 36.4 Å². The molecule has 3 N–H and O–H groups in total. The third-order valence-corrected chi connectivity index (χ3v) is 4.95. The molecule has 0 aliphatic carbocycles. The summed E-state index contributed by atoms with van der Waals surface area (Å²) in [6.07, 6.45) is 0. The maximum atomic E-state index is 13.2. The van der Waals surface area contributed by atoms with Gasteiger partial charge in [-0.05, 0) is 26.0 Å². The second-order valence-corrected chi connectivity index (χ2v) is 6.79. The summed E-state index contributed by atoms with van der Waals surface area (Å²) in [4.78, 5) is 25.2.